The Morgan fingerprint density at radius 3 is 2.53 bits per heavy atom. The van der Waals surface area contributed by atoms with Gasteiger partial charge >= 0.3 is 0 Å². The van der Waals surface area contributed by atoms with Crippen molar-refractivity contribution in [2.24, 2.45) is 7.05 Å². The molecule has 4 rings (SSSR count). The second kappa shape index (κ2) is 8.83. The summed E-state index contributed by atoms with van der Waals surface area (Å²) < 4.78 is 6.90. The van der Waals surface area contributed by atoms with Gasteiger partial charge < -0.3 is 14.5 Å². The van der Waals surface area contributed by atoms with E-state index in [2.05, 4.69) is 10.3 Å². The van der Waals surface area contributed by atoms with Crippen LogP contribution in [0.5, 0.6) is 5.75 Å². The minimum Gasteiger partial charge on any atom is -0.496 e. The Morgan fingerprint density at radius 2 is 1.88 bits per heavy atom. The number of nitro benzene ring substituents is 1. The molecule has 0 bridgehead atoms. The Morgan fingerprint density at radius 1 is 1.16 bits per heavy atom. The van der Waals surface area contributed by atoms with Crippen molar-refractivity contribution in [3.63, 3.8) is 0 Å². The summed E-state index contributed by atoms with van der Waals surface area (Å²) in [5, 5.41) is 19.5. The molecule has 0 radical (unpaired) electrons. The zero-order valence-electron chi connectivity index (χ0n) is 17.6. The topological polar surface area (TPSA) is 107 Å². The first-order valence-electron chi connectivity index (χ1n) is 9.92. The smallest absolute Gasteiger partial charge is 0.274 e. The van der Waals surface area contributed by atoms with Crippen molar-refractivity contribution in [1.29, 1.82) is 0 Å². The third-order valence-electron chi connectivity index (χ3n) is 5.44. The van der Waals surface area contributed by atoms with E-state index >= 15 is 0 Å². The van der Waals surface area contributed by atoms with Crippen LogP contribution in [-0.2, 0) is 7.05 Å². The van der Waals surface area contributed by atoms with Crippen molar-refractivity contribution in [3.05, 3.63) is 63.3 Å². The Kier molecular flexibility index (Phi) is 5.95. The number of hydrogen-bond acceptors (Lipinski definition) is 7. The number of aryl methyl sites for hydroxylation is 1. The van der Waals surface area contributed by atoms with Gasteiger partial charge in [0.1, 0.15) is 11.4 Å². The molecule has 0 spiro atoms. The lowest BCUT2D eigenvalue weighted by Gasteiger charge is -2.36. The molecule has 0 aliphatic carbocycles. The van der Waals surface area contributed by atoms with Gasteiger partial charge in [0.25, 0.3) is 11.6 Å². The lowest BCUT2D eigenvalue weighted by Crippen LogP contribution is -2.49. The highest BCUT2D eigenvalue weighted by Gasteiger charge is 2.29. The zero-order valence-corrected chi connectivity index (χ0v) is 18.3. The van der Waals surface area contributed by atoms with Crippen molar-refractivity contribution < 1.29 is 14.5 Å². The van der Waals surface area contributed by atoms with E-state index in [4.69, 9.17) is 16.3 Å². The molecule has 0 N–H and O–H groups in total. The van der Waals surface area contributed by atoms with Gasteiger partial charge in [0, 0.05) is 50.9 Å². The SMILES string of the molecule is COc1ccccc1-c1nnn(C)c1C(=O)N1CCN(c2ccc([N+](=O)[O-])cc2Cl)CC1. The average Bonchev–Trinajstić information content (AvgIpc) is 3.19. The van der Waals surface area contributed by atoms with Crippen LogP contribution < -0.4 is 9.64 Å². The predicted octanol–water partition coefficient (Wildman–Crippen LogP) is 3.01. The quantitative estimate of drug-likeness (QED) is 0.429. The van der Waals surface area contributed by atoms with Gasteiger partial charge in [-0.25, -0.2) is 4.68 Å². The van der Waals surface area contributed by atoms with Gasteiger partial charge in [-0.15, -0.1) is 5.10 Å². The minimum absolute atomic E-state index is 0.0554. The standard InChI is InChI=1S/C21H21ClN6O4/c1-25-20(19(23-24-25)15-5-3-4-6-18(15)32-2)21(29)27-11-9-26(10-12-27)17-8-7-14(28(30)31)13-16(17)22/h3-8,13H,9-12H2,1-2H3. The number of carbonyl (C=O) groups is 1. The highest BCUT2D eigenvalue weighted by atomic mass is 35.5. The maximum Gasteiger partial charge on any atom is 0.274 e. The second-order valence-electron chi connectivity index (χ2n) is 7.28. The van der Waals surface area contributed by atoms with E-state index in [-0.39, 0.29) is 11.6 Å². The fraction of sp³-hybridized carbons (Fsp3) is 0.286. The molecule has 0 unspecified atom stereocenters. The van der Waals surface area contributed by atoms with Gasteiger partial charge in [-0.2, -0.15) is 0 Å². The number of halogens is 1. The first kappa shape index (κ1) is 21.6. The van der Waals surface area contributed by atoms with Gasteiger partial charge in [-0.3, -0.25) is 14.9 Å². The number of nitro groups is 1. The van der Waals surface area contributed by atoms with Gasteiger partial charge in [-0.1, -0.05) is 28.9 Å². The minimum atomic E-state index is -0.479. The molecule has 1 aliphatic heterocycles. The summed E-state index contributed by atoms with van der Waals surface area (Å²) in [6.07, 6.45) is 0. The fourth-order valence-electron chi connectivity index (χ4n) is 3.78. The molecular weight excluding hydrogens is 436 g/mol. The van der Waals surface area contributed by atoms with Crippen LogP contribution in [0, 0.1) is 10.1 Å². The van der Waals surface area contributed by atoms with Crippen molar-refractivity contribution in [2.45, 2.75) is 0 Å². The Hall–Kier alpha value is -3.66. The molecule has 1 amide bonds. The summed E-state index contributed by atoms with van der Waals surface area (Å²) in [7, 11) is 3.26. The van der Waals surface area contributed by atoms with E-state index in [0.717, 1.165) is 0 Å². The summed E-state index contributed by atoms with van der Waals surface area (Å²) in [6.45, 7) is 2.00. The molecule has 1 aliphatic rings. The van der Waals surface area contributed by atoms with Crippen LogP contribution in [0.15, 0.2) is 42.5 Å². The van der Waals surface area contributed by atoms with Crippen LogP contribution in [0.2, 0.25) is 5.02 Å². The maximum absolute atomic E-state index is 13.4. The Balaban J connectivity index is 1.53. The normalized spacial score (nSPS) is 13.8. The van der Waals surface area contributed by atoms with Crippen molar-refractivity contribution in [1.82, 2.24) is 19.9 Å². The van der Waals surface area contributed by atoms with Crippen LogP contribution in [0.1, 0.15) is 10.5 Å². The van der Waals surface area contributed by atoms with Crippen molar-refractivity contribution in [3.8, 4) is 17.0 Å². The van der Waals surface area contributed by atoms with E-state index < -0.39 is 4.92 Å². The number of amides is 1. The molecule has 3 aromatic rings. The highest BCUT2D eigenvalue weighted by Crippen LogP contribution is 2.32. The number of rotatable bonds is 5. The molecule has 11 heteroatoms. The van der Waals surface area contributed by atoms with Crippen LogP contribution in [-0.4, -0.2) is 64.0 Å². The number of hydrogen-bond donors (Lipinski definition) is 0. The largest absolute Gasteiger partial charge is 0.496 e. The van der Waals surface area contributed by atoms with Gasteiger partial charge in [0.2, 0.25) is 0 Å². The number of nitrogens with zero attached hydrogens (tertiary/aromatic N) is 6. The molecule has 1 aromatic heterocycles. The molecule has 1 saturated heterocycles. The summed E-state index contributed by atoms with van der Waals surface area (Å²) >= 11 is 6.27. The summed E-state index contributed by atoms with van der Waals surface area (Å²) in [5.74, 6) is 0.438. The number of methoxy groups -OCH3 is 1. The van der Waals surface area contributed by atoms with Crippen LogP contribution in [0.4, 0.5) is 11.4 Å². The molecule has 2 aromatic carbocycles. The molecule has 166 valence electrons. The number of non-ortho nitro benzene ring substituents is 1. The fourth-order valence-corrected chi connectivity index (χ4v) is 4.08. The lowest BCUT2D eigenvalue weighted by atomic mass is 10.1. The van der Waals surface area contributed by atoms with Crippen LogP contribution in [0.3, 0.4) is 0 Å². The Bertz CT molecular complexity index is 1170. The third-order valence-corrected chi connectivity index (χ3v) is 5.74. The van der Waals surface area contributed by atoms with Gasteiger partial charge in [0.05, 0.1) is 22.7 Å². The summed E-state index contributed by atoms with van der Waals surface area (Å²) in [4.78, 5) is 27.6. The molecule has 0 atom stereocenters. The third kappa shape index (κ3) is 3.96. The van der Waals surface area contributed by atoms with E-state index in [1.807, 2.05) is 29.2 Å². The summed E-state index contributed by atoms with van der Waals surface area (Å²) in [6, 6.07) is 11.8. The van der Waals surface area contributed by atoms with E-state index in [9.17, 15) is 14.9 Å². The molecule has 0 saturated carbocycles. The number of benzene rings is 2. The first-order valence-corrected chi connectivity index (χ1v) is 10.3. The van der Waals surface area contributed by atoms with Gasteiger partial charge in [-0.05, 0) is 18.2 Å². The van der Waals surface area contributed by atoms with Crippen molar-refractivity contribution >= 4 is 28.9 Å². The first-order chi connectivity index (χ1) is 15.4. The number of piperazine rings is 1. The number of ether oxygens (including phenoxy) is 1. The monoisotopic (exact) mass is 456 g/mol. The number of aromatic nitrogens is 3. The highest BCUT2D eigenvalue weighted by molar-refractivity contribution is 6.33. The van der Waals surface area contributed by atoms with Crippen molar-refractivity contribution in [2.75, 3.05) is 38.2 Å². The molecule has 32 heavy (non-hydrogen) atoms. The average molecular weight is 457 g/mol. The maximum atomic E-state index is 13.4. The zero-order chi connectivity index (χ0) is 22.8. The van der Waals surface area contributed by atoms with E-state index in [1.54, 1.807) is 25.1 Å². The molecule has 2 heterocycles. The number of anilines is 1. The lowest BCUT2D eigenvalue weighted by molar-refractivity contribution is -0.384. The summed E-state index contributed by atoms with van der Waals surface area (Å²) in [5.41, 5.74) is 2.20. The molecule has 1 fully saturated rings. The molecule has 10 nitrogen and oxygen atoms in total. The number of carbonyl (C=O) groups excluding carboxylic acids is 1. The van der Waals surface area contributed by atoms with Gasteiger partial charge in [0.15, 0.2) is 5.69 Å². The van der Waals surface area contributed by atoms with E-state index in [1.165, 1.54) is 16.8 Å². The Labute approximate surface area is 189 Å². The predicted molar refractivity (Wildman–Crippen MR) is 119 cm³/mol. The number of para-hydroxylation sites is 1. The van der Waals surface area contributed by atoms with Crippen LogP contribution >= 0.6 is 11.6 Å². The van der Waals surface area contributed by atoms with Crippen LogP contribution in [0.25, 0.3) is 11.3 Å². The second-order valence-corrected chi connectivity index (χ2v) is 7.69. The molecular formula is C21H21ClN6O4. The van der Waals surface area contributed by atoms with E-state index in [0.29, 0.717) is 59.6 Å².